The van der Waals surface area contributed by atoms with Crippen LogP contribution in [0.25, 0.3) is 0 Å². The van der Waals surface area contributed by atoms with Crippen molar-refractivity contribution in [3.8, 4) is 5.75 Å². The zero-order chi connectivity index (χ0) is 15.1. The second-order valence-electron chi connectivity index (χ2n) is 4.27. The van der Waals surface area contributed by atoms with Gasteiger partial charge < -0.3 is 19.8 Å². The van der Waals surface area contributed by atoms with Gasteiger partial charge in [-0.3, -0.25) is 9.59 Å². The summed E-state index contributed by atoms with van der Waals surface area (Å²) in [5.41, 5.74) is 0.530. The third kappa shape index (κ3) is 4.38. The predicted octanol–water partition coefficient (Wildman–Crippen LogP) is 1.59. The van der Waals surface area contributed by atoms with Gasteiger partial charge in [0, 0.05) is 18.7 Å². The molecule has 6 heteroatoms. The Kier molecular flexibility index (Phi) is 4.98. The van der Waals surface area contributed by atoms with Crippen molar-refractivity contribution in [3.05, 3.63) is 48.4 Å². The number of methoxy groups -OCH3 is 1. The minimum atomic E-state index is -0.709. The maximum Gasteiger partial charge on any atom is 0.313 e. The fourth-order valence-electron chi connectivity index (χ4n) is 1.70. The highest BCUT2D eigenvalue weighted by Gasteiger charge is 2.13. The molecule has 2 amide bonds. The van der Waals surface area contributed by atoms with Crippen LogP contribution in [0.15, 0.2) is 47.1 Å². The largest absolute Gasteiger partial charge is 0.497 e. The summed E-state index contributed by atoms with van der Waals surface area (Å²) < 4.78 is 10.1. The van der Waals surface area contributed by atoms with Crippen LogP contribution in [0.3, 0.4) is 0 Å². The van der Waals surface area contributed by atoms with Crippen LogP contribution in [0.2, 0.25) is 0 Å². The standard InChI is InChI=1S/C15H16N2O4/c1-20-12-6-4-11(5-7-12)17-15(19)14(18)16-9-8-13-3-2-10-21-13/h2-7,10H,8-9H2,1H3,(H,16,18)(H,17,19). The van der Waals surface area contributed by atoms with Crippen molar-refractivity contribution in [1.29, 1.82) is 0 Å². The van der Waals surface area contributed by atoms with E-state index in [1.54, 1.807) is 43.7 Å². The highest BCUT2D eigenvalue weighted by Crippen LogP contribution is 2.14. The average Bonchev–Trinajstić information content (AvgIpc) is 3.01. The summed E-state index contributed by atoms with van der Waals surface area (Å²) in [5, 5.41) is 5.03. The molecule has 2 rings (SSSR count). The Bertz CT molecular complexity index is 591. The second kappa shape index (κ2) is 7.14. The third-order valence-electron chi connectivity index (χ3n) is 2.79. The van der Waals surface area contributed by atoms with Crippen LogP contribution < -0.4 is 15.4 Å². The molecule has 2 N–H and O–H groups in total. The summed E-state index contributed by atoms with van der Waals surface area (Å²) in [6.07, 6.45) is 2.10. The Balaban J connectivity index is 1.77. The molecule has 110 valence electrons. The van der Waals surface area contributed by atoms with Crippen molar-refractivity contribution in [2.24, 2.45) is 0 Å². The van der Waals surface area contributed by atoms with Gasteiger partial charge in [0.05, 0.1) is 13.4 Å². The summed E-state index contributed by atoms with van der Waals surface area (Å²) in [6, 6.07) is 10.3. The average molecular weight is 288 g/mol. The van der Waals surface area contributed by atoms with Crippen molar-refractivity contribution < 1.29 is 18.7 Å². The van der Waals surface area contributed by atoms with Gasteiger partial charge in [0.25, 0.3) is 0 Å². The van der Waals surface area contributed by atoms with Gasteiger partial charge in [0.1, 0.15) is 11.5 Å². The number of carbonyl (C=O) groups is 2. The number of anilines is 1. The molecule has 6 nitrogen and oxygen atoms in total. The van der Waals surface area contributed by atoms with Gasteiger partial charge in [-0.05, 0) is 36.4 Å². The number of ether oxygens (including phenoxy) is 1. The smallest absolute Gasteiger partial charge is 0.313 e. The first-order chi connectivity index (χ1) is 10.2. The summed E-state index contributed by atoms with van der Waals surface area (Å²) in [4.78, 5) is 23.3. The number of nitrogens with one attached hydrogen (secondary N) is 2. The molecule has 0 saturated heterocycles. The van der Waals surface area contributed by atoms with E-state index in [1.165, 1.54) is 0 Å². The zero-order valence-electron chi connectivity index (χ0n) is 11.6. The predicted molar refractivity (Wildman–Crippen MR) is 77.0 cm³/mol. The number of amides is 2. The van der Waals surface area contributed by atoms with Gasteiger partial charge in [-0.2, -0.15) is 0 Å². The van der Waals surface area contributed by atoms with E-state index >= 15 is 0 Å². The van der Waals surface area contributed by atoms with E-state index in [9.17, 15) is 9.59 Å². The molecule has 0 aliphatic rings. The van der Waals surface area contributed by atoms with Gasteiger partial charge >= 0.3 is 11.8 Å². The highest BCUT2D eigenvalue weighted by atomic mass is 16.5. The van der Waals surface area contributed by atoms with E-state index in [-0.39, 0.29) is 0 Å². The SMILES string of the molecule is COc1ccc(NC(=O)C(=O)NCCc2ccco2)cc1. The first-order valence-corrected chi connectivity index (χ1v) is 6.44. The molecule has 1 aromatic carbocycles. The molecule has 0 aliphatic heterocycles. The van der Waals surface area contributed by atoms with Crippen molar-refractivity contribution >= 4 is 17.5 Å². The van der Waals surface area contributed by atoms with Gasteiger partial charge in [0.2, 0.25) is 0 Å². The van der Waals surface area contributed by atoms with Gasteiger partial charge in [-0.25, -0.2) is 0 Å². The molecular weight excluding hydrogens is 272 g/mol. The lowest BCUT2D eigenvalue weighted by molar-refractivity contribution is -0.136. The maximum atomic E-state index is 11.7. The van der Waals surface area contributed by atoms with Crippen LogP contribution in [-0.4, -0.2) is 25.5 Å². The molecule has 0 unspecified atom stereocenters. The molecule has 0 spiro atoms. The number of benzene rings is 1. The quantitative estimate of drug-likeness (QED) is 0.819. The Labute approximate surface area is 122 Å². The minimum Gasteiger partial charge on any atom is -0.497 e. The molecule has 2 aromatic rings. The molecule has 0 atom stereocenters. The molecule has 0 fully saturated rings. The number of hydrogen-bond acceptors (Lipinski definition) is 4. The summed E-state index contributed by atoms with van der Waals surface area (Å²) >= 11 is 0. The van der Waals surface area contributed by atoms with E-state index < -0.39 is 11.8 Å². The molecule has 21 heavy (non-hydrogen) atoms. The van der Waals surface area contributed by atoms with Crippen LogP contribution in [0.5, 0.6) is 5.75 Å². The van der Waals surface area contributed by atoms with E-state index in [0.717, 1.165) is 5.76 Å². The monoisotopic (exact) mass is 288 g/mol. The fourth-order valence-corrected chi connectivity index (χ4v) is 1.70. The second-order valence-corrected chi connectivity index (χ2v) is 4.27. The van der Waals surface area contributed by atoms with Gasteiger partial charge in [-0.15, -0.1) is 0 Å². The van der Waals surface area contributed by atoms with Crippen LogP contribution >= 0.6 is 0 Å². The van der Waals surface area contributed by atoms with Crippen molar-refractivity contribution in [1.82, 2.24) is 5.32 Å². The number of carbonyl (C=O) groups excluding carboxylic acids is 2. The van der Waals surface area contributed by atoms with Crippen LogP contribution in [0, 0.1) is 0 Å². The molecule has 1 heterocycles. The zero-order valence-corrected chi connectivity index (χ0v) is 11.6. The number of hydrogen-bond donors (Lipinski definition) is 2. The van der Waals surface area contributed by atoms with Crippen LogP contribution in [0.1, 0.15) is 5.76 Å². The first-order valence-electron chi connectivity index (χ1n) is 6.44. The summed E-state index contributed by atoms with van der Waals surface area (Å²) in [5.74, 6) is 0.0405. The van der Waals surface area contributed by atoms with Crippen LogP contribution in [0.4, 0.5) is 5.69 Å². The van der Waals surface area contributed by atoms with E-state index in [0.29, 0.717) is 24.4 Å². The summed E-state index contributed by atoms with van der Waals surface area (Å²) in [7, 11) is 1.56. The third-order valence-corrected chi connectivity index (χ3v) is 2.79. The van der Waals surface area contributed by atoms with Crippen molar-refractivity contribution in [2.75, 3.05) is 19.0 Å². The fraction of sp³-hybridized carbons (Fsp3) is 0.200. The lowest BCUT2D eigenvalue weighted by Crippen LogP contribution is -2.36. The highest BCUT2D eigenvalue weighted by molar-refractivity contribution is 6.39. The van der Waals surface area contributed by atoms with E-state index in [4.69, 9.17) is 9.15 Å². The van der Waals surface area contributed by atoms with Gasteiger partial charge in [0.15, 0.2) is 0 Å². The molecule has 0 bridgehead atoms. The molecule has 0 radical (unpaired) electrons. The Morgan fingerprint density at radius 3 is 2.52 bits per heavy atom. The Morgan fingerprint density at radius 2 is 1.90 bits per heavy atom. The normalized spacial score (nSPS) is 9.95. The van der Waals surface area contributed by atoms with Gasteiger partial charge in [-0.1, -0.05) is 0 Å². The van der Waals surface area contributed by atoms with Crippen molar-refractivity contribution in [2.45, 2.75) is 6.42 Å². The molecular formula is C15H16N2O4. The number of rotatable bonds is 5. The van der Waals surface area contributed by atoms with Crippen LogP contribution in [-0.2, 0) is 16.0 Å². The Morgan fingerprint density at radius 1 is 1.14 bits per heavy atom. The topological polar surface area (TPSA) is 80.6 Å². The Hall–Kier alpha value is -2.76. The summed E-state index contributed by atoms with van der Waals surface area (Å²) in [6.45, 7) is 0.336. The number of furan rings is 1. The lowest BCUT2D eigenvalue weighted by atomic mass is 10.3. The van der Waals surface area contributed by atoms with Crippen molar-refractivity contribution in [3.63, 3.8) is 0 Å². The maximum absolute atomic E-state index is 11.7. The molecule has 1 aromatic heterocycles. The molecule has 0 saturated carbocycles. The minimum absolute atomic E-state index is 0.336. The lowest BCUT2D eigenvalue weighted by Gasteiger charge is -2.06. The first kappa shape index (κ1) is 14.6. The van der Waals surface area contributed by atoms with E-state index in [2.05, 4.69) is 10.6 Å². The van der Waals surface area contributed by atoms with E-state index in [1.807, 2.05) is 6.07 Å². The molecule has 0 aliphatic carbocycles.